The lowest BCUT2D eigenvalue weighted by Crippen LogP contribution is -2.51. The Bertz CT molecular complexity index is 333. The van der Waals surface area contributed by atoms with Crippen LogP contribution in [0.25, 0.3) is 0 Å². The topological polar surface area (TPSA) is 49.5 Å². The van der Waals surface area contributed by atoms with Crippen molar-refractivity contribution in [3.05, 3.63) is 35.9 Å². The van der Waals surface area contributed by atoms with Gasteiger partial charge in [0.05, 0.1) is 6.10 Å². The number of thioether (sulfide) groups is 1. The SMILES string of the molecule is NCC(O)C1CSCCN1Cc1ccccc1. The molecule has 2 atom stereocenters. The molecular formula is C13H20N2OS. The number of hydrogen-bond acceptors (Lipinski definition) is 4. The molecule has 0 bridgehead atoms. The zero-order valence-corrected chi connectivity index (χ0v) is 10.8. The quantitative estimate of drug-likeness (QED) is 0.837. The van der Waals surface area contributed by atoms with E-state index in [1.807, 2.05) is 17.8 Å². The van der Waals surface area contributed by atoms with Gasteiger partial charge in [0.2, 0.25) is 0 Å². The lowest BCUT2D eigenvalue weighted by Gasteiger charge is -2.37. The highest BCUT2D eigenvalue weighted by atomic mass is 32.2. The second kappa shape index (κ2) is 6.40. The fourth-order valence-corrected chi connectivity index (χ4v) is 3.39. The number of aliphatic hydroxyl groups excluding tert-OH is 1. The van der Waals surface area contributed by atoms with Crippen LogP contribution in [0.2, 0.25) is 0 Å². The van der Waals surface area contributed by atoms with E-state index in [2.05, 4.69) is 29.2 Å². The van der Waals surface area contributed by atoms with Crippen molar-refractivity contribution in [1.29, 1.82) is 0 Å². The summed E-state index contributed by atoms with van der Waals surface area (Å²) in [4.78, 5) is 2.35. The summed E-state index contributed by atoms with van der Waals surface area (Å²) in [5, 5.41) is 9.95. The zero-order valence-electron chi connectivity index (χ0n) is 9.96. The molecule has 1 aliphatic rings. The van der Waals surface area contributed by atoms with Crippen molar-refractivity contribution in [3.63, 3.8) is 0 Å². The number of nitrogens with two attached hydrogens (primary N) is 1. The number of rotatable bonds is 4. The molecule has 0 spiro atoms. The summed E-state index contributed by atoms with van der Waals surface area (Å²) in [5.41, 5.74) is 6.87. The molecule has 17 heavy (non-hydrogen) atoms. The van der Waals surface area contributed by atoms with Gasteiger partial charge < -0.3 is 10.8 Å². The molecule has 1 aromatic carbocycles. The summed E-state index contributed by atoms with van der Waals surface area (Å²) in [5.74, 6) is 2.12. The molecule has 94 valence electrons. The molecule has 0 radical (unpaired) electrons. The van der Waals surface area contributed by atoms with E-state index in [1.54, 1.807) is 0 Å². The zero-order chi connectivity index (χ0) is 12.1. The molecule has 0 aromatic heterocycles. The number of benzene rings is 1. The predicted molar refractivity (Wildman–Crippen MR) is 73.0 cm³/mol. The van der Waals surface area contributed by atoms with Gasteiger partial charge in [0, 0.05) is 37.2 Å². The lowest BCUT2D eigenvalue weighted by atomic mass is 10.1. The third-order valence-electron chi connectivity index (χ3n) is 3.19. The number of nitrogens with zero attached hydrogens (tertiary/aromatic N) is 1. The van der Waals surface area contributed by atoms with Crippen molar-refractivity contribution in [2.45, 2.75) is 18.7 Å². The highest BCUT2D eigenvalue weighted by molar-refractivity contribution is 7.99. The standard InChI is InChI=1S/C13H20N2OS/c14-8-13(16)12-10-17-7-6-15(12)9-11-4-2-1-3-5-11/h1-5,12-13,16H,6-10,14H2. The van der Waals surface area contributed by atoms with E-state index in [-0.39, 0.29) is 6.04 Å². The lowest BCUT2D eigenvalue weighted by molar-refractivity contribution is 0.0630. The normalized spacial score (nSPS) is 23.5. The monoisotopic (exact) mass is 252 g/mol. The summed E-state index contributed by atoms with van der Waals surface area (Å²) in [6.45, 7) is 2.28. The van der Waals surface area contributed by atoms with E-state index in [9.17, 15) is 5.11 Å². The molecule has 1 aliphatic heterocycles. The first-order chi connectivity index (χ1) is 8.31. The van der Waals surface area contributed by atoms with Gasteiger partial charge in [0.25, 0.3) is 0 Å². The van der Waals surface area contributed by atoms with Gasteiger partial charge in [0.1, 0.15) is 0 Å². The van der Waals surface area contributed by atoms with Gasteiger partial charge in [-0.1, -0.05) is 30.3 Å². The second-order valence-electron chi connectivity index (χ2n) is 4.40. The average Bonchev–Trinajstić information content (AvgIpc) is 2.40. The molecule has 0 aliphatic carbocycles. The van der Waals surface area contributed by atoms with Crippen LogP contribution in [0.3, 0.4) is 0 Å². The molecule has 2 unspecified atom stereocenters. The van der Waals surface area contributed by atoms with Gasteiger partial charge in [-0.05, 0) is 5.56 Å². The predicted octanol–water partition coefficient (Wildman–Crippen LogP) is 0.924. The minimum atomic E-state index is -0.411. The van der Waals surface area contributed by atoms with E-state index >= 15 is 0 Å². The highest BCUT2D eigenvalue weighted by Crippen LogP contribution is 2.21. The van der Waals surface area contributed by atoms with Crippen LogP contribution in [0.4, 0.5) is 0 Å². The van der Waals surface area contributed by atoms with Crippen molar-refractivity contribution in [2.24, 2.45) is 5.73 Å². The Morgan fingerprint density at radius 2 is 2.18 bits per heavy atom. The molecule has 4 heteroatoms. The van der Waals surface area contributed by atoms with Gasteiger partial charge in [-0.15, -0.1) is 0 Å². The fourth-order valence-electron chi connectivity index (χ4n) is 2.18. The molecule has 1 aromatic rings. The van der Waals surface area contributed by atoms with E-state index in [4.69, 9.17) is 5.73 Å². The first-order valence-electron chi connectivity index (χ1n) is 6.05. The molecule has 2 rings (SSSR count). The smallest absolute Gasteiger partial charge is 0.0825 e. The minimum Gasteiger partial charge on any atom is -0.390 e. The molecule has 1 saturated heterocycles. The van der Waals surface area contributed by atoms with Gasteiger partial charge >= 0.3 is 0 Å². The molecule has 0 amide bonds. The van der Waals surface area contributed by atoms with Gasteiger partial charge in [-0.25, -0.2) is 0 Å². The largest absolute Gasteiger partial charge is 0.390 e. The van der Waals surface area contributed by atoms with Crippen LogP contribution in [0.1, 0.15) is 5.56 Å². The van der Waals surface area contributed by atoms with Crippen molar-refractivity contribution in [2.75, 3.05) is 24.6 Å². The van der Waals surface area contributed by atoms with Crippen molar-refractivity contribution >= 4 is 11.8 Å². The van der Waals surface area contributed by atoms with Crippen LogP contribution in [-0.4, -0.2) is 46.7 Å². The Kier molecular flexibility index (Phi) is 4.86. The van der Waals surface area contributed by atoms with Crippen LogP contribution < -0.4 is 5.73 Å². The Morgan fingerprint density at radius 1 is 1.41 bits per heavy atom. The van der Waals surface area contributed by atoms with Crippen molar-refractivity contribution < 1.29 is 5.11 Å². The fraction of sp³-hybridized carbons (Fsp3) is 0.538. The summed E-state index contributed by atoms with van der Waals surface area (Å²) in [6.07, 6.45) is -0.411. The van der Waals surface area contributed by atoms with Crippen LogP contribution in [0, 0.1) is 0 Å². The summed E-state index contributed by atoms with van der Waals surface area (Å²) >= 11 is 1.90. The third-order valence-corrected chi connectivity index (χ3v) is 4.24. The maximum absolute atomic E-state index is 9.95. The molecule has 1 fully saturated rings. The maximum atomic E-state index is 9.95. The first kappa shape index (κ1) is 12.9. The Balaban J connectivity index is 2.01. The van der Waals surface area contributed by atoms with Gasteiger partial charge in [0.15, 0.2) is 0 Å². The van der Waals surface area contributed by atoms with Crippen LogP contribution in [0.5, 0.6) is 0 Å². The van der Waals surface area contributed by atoms with Crippen LogP contribution in [0.15, 0.2) is 30.3 Å². The Labute approximate surface area is 107 Å². The van der Waals surface area contributed by atoms with E-state index < -0.39 is 6.10 Å². The molecular weight excluding hydrogens is 232 g/mol. The van der Waals surface area contributed by atoms with Crippen LogP contribution >= 0.6 is 11.8 Å². The van der Waals surface area contributed by atoms with E-state index in [0.29, 0.717) is 6.54 Å². The van der Waals surface area contributed by atoms with Crippen LogP contribution in [-0.2, 0) is 6.54 Å². The summed E-state index contributed by atoms with van der Waals surface area (Å²) in [7, 11) is 0. The molecule has 0 saturated carbocycles. The second-order valence-corrected chi connectivity index (χ2v) is 5.55. The van der Waals surface area contributed by atoms with Gasteiger partial charge in [-0.2, -0.15) is 11.8 Å². The number of hydrogen-bond donors (Lipinski definition) is 2. The average molecular weight is 252 g/mol. The summed E-state index contributed by atoms with van der Waals surface area (Å²) < 4.78 is 0. The number of aliphatic hydroxyl groups is 1. The highest BCUT2D eigenvalue weighted by Gasteiger charge is 2.28. The minimum absolute atomic E-state index is 0.193. The van der Waals surface area contributed by atoms with Gasteiger partial charge in [-0.3, -0.25) is 4.90 Å². The molecule has 3 N–H and O–H groups in total. The van der Waals surface area contributed by atoms with Crippen molar-refractivity contribution in [1.82, 2.24) is 4.90 Å². The Morgan fingerprint density at radius 3 is 2.88 bits per heavy atom. The summed E-state index contributed by atoms with van der Waals surface area (Å²) in [6, 6.07) is 10.6. The first-order valence-corrected chi connectivity index (χ1v) is 7.20. The Hall–Kier alpha value is -0.550. The third kappa shape index (κ3) is 3.45. The van der Waals surface area contributed by atoms with Crippen molar-refractivity contribution in [3.8, 4) is 0 Å². The van der Waals surface area contributed by atoms with E-state index in [0.717, 1.165) is 24.6 Å². The molecule has 1 heterocycles. The maximum Gasteiger partial charge on any atom is 0.0825 e. The molecule has 3 nitrogen and oxygen atoms in total. The van der Waals surface area contributed by atoms with E-state index in [1.165, 1.54) is 5.56 Å².